The molecule has 184 valence electrons. The number of Topliss-reactive ketones (excluding diaryl/α,β-unsaturated/α-hetero) is 1. The molecule has 1 saturated heterocycles. The van der Waals surface area contributed by atoms with Gasteiger partial charge in [-0.2, -0.15) is 5.01 Å². The molecule has 0 radical (unpaired) electrons. The van der Waals surface area contributed by atoms with Crippen LogP contribution in [-0.4, -0.2) is 49.9 Å². The summed E-state index contributed by atoms with van der Waals surface area (Å²) in [7, 11) is 0. The van der Waals surface area contributed by atoms with Crippen LogP contribution in [0.2, 0.25) is 0 Å². The molecule has 1 heterocycles. The van der Waals surface area contributed by atoms with E-state index >= 15 is 0 Å². The number of nitro benzene ring substituents is 2. The van der Waals surface area contributed by atoms with Crippen molar-refractivity contribution in [3.8, 4) is 0 Å². The van der Waals surface area contributed by atoms with Crippen molar-refractivity contribution in [3.63, 3.8) is 0 Å². The molecular weight excluding hydrogens is 472 g/mol. The summed E-state index contributed by atoms with van der Waals surface area (Å²) in [6, 6.07) is 9.38. The molecular formula is C24H20N4O8. The van der Waals surface area contributed by atoms with E-state index in [2.05, 4.69) is 0 Å². The number of fused-ring (bicyclic) bond motifs is 1. The molecule has 36 heavy (non-hydrogen) atoms. The average Bonchev–Trinajstić information content (AvgIpc) is 3.11. The van der Waals surface area contributed by atoms with Gasteiger partial charge in [-0.05, 0) is 31.9 Å². The Bertz CT molecular complexity index is 1330. The SMILES string of the molecule is CC1=CC[C@@H]2C(=O)N(N(CC(=O)c3cccc([N+](=O)[O-])c3)C(=O)c3ccc([N+](=O)[O-])cc3)C(=O)[C@@H]2C1. The van der Waals surface area contributed by atoms with E-state index < -0.39 is 51.7 Å². The molecule has 3 amide bonds. The van der Waals surface area contributed by atoms with E-state index in [9.17, 15) is 39.4 Å². The summed E-state index contributed by atoms with van der Waals surface area (Å²) in [5.74, 6) is -4.24. The highest BCUT2D eigenvalue weighted by atomic mass is 16.6. The Balaban J connectivity index is 1.70. The topological polar surface area (TPSA) is 161 Å². The predicted molar refractivity (Wildman–Crippen MR) is 123 cm³/mol. The quantitative estimate of drug-likeness (QED) is 0.187. The van der Waals surface area contributed by atoms with Gasteiger partial charge in [-0.1, -0.05) is 23.8 Å². The van der Waals surface area contributed by atoms with Gasteiger partial charge in [0.2, 0.25) is 0 Å². The second-order valence-corrected chi connectivity index (χ2v) is 8.59. The number of carbonyl (C=O) groups is 4. The summed E-state index contributed by atoms with van der Waals surface area (Å²) in [6.07, 6.45) is 2.51. The molecule has 1 fully saturated rings. The zero-order valence-electron chi connectivity index (χ0n) is 19.0. The van der Waals surface area contributed by atoms with Crippen LogP contribution in [0.1, 0.15) is 40.5 Å². The molecule has 0 unspecified atom stereocenters. The van der Waals surface area contributed by atoms with E-state index in [-0.39, 0.29) is 22.5 Å². The molecule has 0 N–H and O–H groups in total. The third-order valence-corrected chi connectivity index (χ3v) is 6.27. The lowest BCUT2D eigenvalue weighted by atomic mass is 9.82. The Hall–Kier alpha value is -4.74. The lowest BCUT2D eigenvalue weighted by Crippen LogP contribution is -2.52. The molecule has 0 saturated carbocycles. The maximum Gasteiger partial charge on any atom is 0.273 e. The number of amides is 3. The molecule has 1 aliphatic carbocycles. The Morgan fingerprint density at radius 3 is 2.22 bits per heavy atom. The van der Waals surface area contributed by atoms with Crippen molar-refractivity contribution in [2.75, 3.05) is 6.54 Å². The number of benzene rings is 2. The number of nitro groups is 2. The van der Waals surface area contributed by atoms with Crippen molar-refractivity contribution in [2.24, 2.45) is 11.8 Å². The van der Waals surface area contributed by atoms with Crippen LogP contribution >= 0.6 is 0 Å². The van der Waals surface area contributed by atoms with Gasteiger partial charge in [-0.25, -0.2) is 5.01 Å². The predicted octanol–water partition coefficient (Wildman–Crippen LogP) is 3.08. The van der Waals surface area contributed by atoms with Crippen molar-refractivity contribution in [3.05, 3.63) is 91.5 Å². The molecule has 0 spiro atoms. The third-order valence-electron chi connectivity index (χ3n) is 6.27. The Labute approximate surface area is 204 Å². The monoisotopic (exact) mass is 492 g/mol. The van der Waals surface area contributed by atoms with Crippen molar-refractivity contribution in [1.29, 1.82) is 0 Å². The van der Waals surface area contributed by atoms with Crippen LogP contribution < -0.4 is 0 Å². The summed E-state index contributed by atoms with van der Waals surface area (Å²) in [6.45, 7) is 1.09. The highest BCUT2D eigenvalue weighted by Gasteiger charge is 2.51. The molecule has 4 rings (SSSR count). The van der Waals surface area contributed by atoms with Crippen LogP contribution in [0.25, 0.3) is 0 Å². The summed E-state index contributed by atoms with van der Waals surface area (Å²) in [5.41, 5.74) is 0.152. The van der Waals surface area contributed by atoms with Gasteiger partial charge in [0.25, 0.3) is 29.1 Å². The lowest BCUT2D eigenvalue weighted by molar-refractivity contribution is -0.385. The van der Waals surface area contributed by atoms with E-state index in [4.69, 9.17) is 0 Å². The van der Waals surface area contributed by atoms with Gasteiger partial charge in [-0.3, -0.25) is 39.4 Å². The number of hydrazine groups is 1. The number of hydrogen-bond donors (Lipinski definition) is 0. The highest BCUT2D eigenvalue weighted by Crippen LogP contribution is 2.38. The zero-order chi connectivity index (χ0) is 26.1. The minimum atomic E-state index is -0.895. The van der Waals surface area contributed by atoms with Crippen molar-refractivity contribution >= 4 is 34.9 Å². The van der Waals surface area contributed by atoms with Gasteiger partial charge < -0.3 is 0 Å². The molecule has 12 heteroatoms. The minimum Gasteiger partial charge on any atom is -0.292 e. The molecule has 2 atom stereocenters. The number of nitrogens with zero attached hydrogens (tertiary/aromatic N) is 4. The molecule has 0 aromatic heterocycles. The molecule has 12 nitrogen and oxygen atoms in total. The maximum absolute atomic E-state index is 13.5. The first-order valence-corrected chi connectivity index (χ1v) is 11.0. The zero-order valence-corrected chi connectivity index (χ0v) is 19.0. The van der Waals surface area contributed by atoms with Gasteiger partial charge >= 0.3 is 0 Å². The Morgan fingerprint density at radius 2 is 1.58 bits per heavy atom. The first kappa shape index (κ1) is 24.4. The van der Waals surface area contributed by atoms with Crippen LogP contribution in [0, 0.1) is 32.1 Å². The fourth-order valence-electron chi connectivity index (χ4n) is 4.39. The van der Waals surface area contributed by atoms with Crippen molar-refractivity contribution < 1.29 is 29.0 Å². The minimum absolute atomic E-state index is 0.0836. The van der Waals surface area contributed by atoms with Crippen molar-refractivity contribution in [1.82, 2.24) is 10.0 Å². The standard InChI is InChI=1S/C24H20N4O8/c1-14-5-10-19-20(11-14)24(32)26(23(19)31)25(22(30)15-6-8-17(9-7-15)27(33)34)13-21(29)16-3-2-4-18(12-16)28(35)36/h2-9,12,19-20H,10-11,13H2,1H3/t19-,20+/m0/s1. The summed E-state index contributed by atoms with van der Waals surface area (Å²) < 4.78 is 0. The number of ketones is 1. The van der Waals surface area contributed by atoms with Gasteiger partial charge in [0.05, 0.1) is 21.7 Å². The fraction of sp³-hybridized carbons (Fsp3) is 0.250. The largest absolute Gasteiger partial charge is 0.292 e. The van der Waals surface area contributed by atoms with E-state index in [1.54, 1.807) is 0 Å². The summed E-state index contributed by atoms with van der Waals surface area (Å²) in [4.78, 5) is 73.8. The average molecular weight is 492 g/mol. The van der Waals surface area contributed by atoms with Crippen molar-refractivity contribution in [2.45, 2.75) is 19.8 Å². The van der Waals surface area contributed by atoms with E-state index in [0.717, 1.165) is 40.9 Å². The van der Waals surface area contributed by atoms with Crippen LogP contribution in [0.3, 0.4) is 0 Å². The molecule has 2 aromatic rings. The molecule has 1 aliphatic heterocycles. The van der Waals surface area contributed by atoms with E-state index in [0.29, 0.717) is 17.9 Å². The smallest absolute Gasteiger partial charge is 0.273 e. The number of hydrogen-bond acceptors (Lipinski definition) is 8. The Morgan fingerprint density at radius 1 is 0.944 bits per heavy atom. The molecule has 2 aliphatic rings. The highest BCUT2D eigenvalue weighted by molar-refractivity contribution is 6.09. The first-order chi connectivity index (χ1) is 17.1. The normalized spacial score (nSPS) is 18.9. The van der Waals surface area contributed by atoms with Gasteiger partial charge in [-0.15, -0.1) is 0 Å². The Kier molecular flexibility index (Phi) is 6.43. The second kappa shape index (κ2) is 9.49. The van der Waals surface area contributed by atoms with Crippen LogP contribution in [-0.2, 0) is 9.59 Å². The molecule has 0 bridgehead atoms. The van der Waals surface area contributed by atoms with Gasteiger partial charge in [0.1, 0.15) is 6.54 Å². The third kappa shape index (κ3) is 4.48. The fourth-order valence-corrected chi connectivity index (χ4v) is 4.39. The second-order valence-electron chi connectivity index (χ2n) is 8.59. The van der Waals surface area contributed by atoms with Crippen LogP contribution in [0.4, 0.5) is 11.4 Å². The summed E-state index contributed by atoms with van der Waals surface area (Å²) in [5, 5.41) is 23.5. The first-order valence-electron chi connectivity index (χ1n) is 11.0. The van der Waals surface area contributed by atoms with Gasteiger partial charge in [0.15, 0.2) is 5.78 Å². The van der Waals surface area contributed by atoms with Crippen LogP contribution in [0.15, 0.2) is 60.2 Å². The lowest BCUT2D eigenvalue weighted by Gasteiger charge is -2.30. The number of rotatable bonds is 7. The number of non-ortho nitro benzene ring substituents is 2. The number of allylic oxidation sites excluding steroid dienone is 2. The van der Waals surface area contributed by atoms with Gasteiger partial charge in [0, 0.05) is 35.4 Å². The van der Waals surface area contributed by atoms with E-state index in [1.165, 1.54) is 18.2 Å². The molecule has 2 aromatic carbocycles. The maximum atomic E-state index is 13.5. The summed E-state index contributed by atoms with van der Waals surface area (Å²) >= 11 is 0. The van der Waals surface area contributed by atoms with Crippen LogP contribution in [0.5, 0.6) is 0 Å². The number of imide groups is 1. The van der Waals surface area contributed by atoms with E-state index in [1.807, 2.05) is 13.0 Å². The number of carbonyl (C=O) groups excluding carboxylic acids is 4.